The summed E-state index contributed by atoms with van der Waals surface area (Å²) in [5.74, 6) is 1.21. The predicted octanol–water partition coefficient (Wildman–Crippen LogP) is 5.43. The van der Waals surface area contributed by atoms with E-state index in [0.29, 0.717) is 6.54 Å². The summed E-state index contributed by atoms with van der Waals surface area (Å²) < 4.78 is 5.66. The second-order valence-corrected chi connectivity index (χ2v) is 7.98. The van der Waals surface area contributed by atoms with Crippen LogP contribution in [0.4, 0.5) is 0 Å². The maximum Gasteiger partial charge on any atom is 0.122 e. The van der Waals surface area contributed by atoms with Crippen LogP contribution in [0, 0.1) is 0 Å². The van der Waals surface area contributed by atoms with E-state index in [1.54, 1.807) is 7.11 Å². The highest BCUT2D eigenvalue weighted by molar-refractivity contribution is 5.87. The lowest BCUT2D eigenvalue weighted by Crippen LogP contribution is -2.16. The molecule has 0 aliphatic heterocycles. The SMILES string of the molecule is COc1ccc2ccccc2c1CC(CN)c1ccc(C(C)(C)C)cc1. The highest BCUT2D eigenvalue weighted by Gasteiger charge is 2.18. The normalized spacial score (nSPS) is 13.0. The van der Waals surface area contributed by atoms with Gasteiger partial charge in [-0.05, 0) is 46.3 Å². The van der Waals surface area contributed by atoms with Gasteiger partial charge in [-0.1, -0.05) is 75.4 Å². The van der Waals surface area contributed by atoms with E-state index in [-0.39, 0.29) is 11.3 Å². The number of hydrogen-bond donors (Lipinski definition) is 1. The van der Waals surface area contributed by atoms with E-state index in [1.165, 1.54) is 27.5 Å². The molecule has 0 heterocycles. The third kappa shape index (κ3) is 3.76. The molecule has 0 bridgehead atoms. The van der Waals surface area contributed by atoms with E-state index in [0.717, 1.165) is 12.2 Å². The van der Waals surface area contributed by atoms with Crippen molar-refractivity contribution in [3.05, 3.63) is 77.4 Å². The Kier molecular flexibility index (Phi) is 5.33. The molecule has 0 aliphatic rings. The van der Waals surface area contributed by atoms with Crippen LogP contribution in [0.2, 0.25) is 0 Å². The van der Waals surface area contributed by atoms with E-state index >= 15 is 0 Å². The monoisotopic (exact) mass is 347 g/mol. The van der Waals surface area contributed by atoms with Crippen LogP contribution >= 0.6 is 0 Å². The summed E-state index contributed by atoms with van der Waals surface area (Å²) in [6.45, 7) is 7.33. The first kappa shape index (κ1) is 18.5. The van der Waals surface area contributed by atoms with Crippen molar-refractivity contribution in [2.45, 2.75) is 38.5 Å². The Morgan fingerprint density at radius 3 is 2.23 bits per heavy atom. The summed E-state index contributed by atoms with van der Waals surface area (Å²) in [7, 11) is 1.74. The summed E-state index contributed by atoms with van der Waals surface area (Å²) in [4.78, 5) is 0. The fourth-order valence-corrected chi connectivity index (χ4v) is 3.56. The molecule has 3 aromatic carbocycles. The number of hydrogen-bond acceptors (Lipinski definition) is 2. The summed E-state index contributed by atoms with van der Waals surface area (Å²) in [5, 5.41) is 2.48. The minimum atomic E-state index is 0.162. The van der Waals surface area contributed by atoms with Crippen LogP contribution in [0.25, 0.3) is 10.8 Å². The van der Waals surface area contributed by atoms with E-state index in [4.69, 9.17) is 10.5 Å². The van der Waals surface area contributed by atoms with Crippen LogP contribution in [0.5, 0.6) is 5.75 Å². The molecule has 3 rings (SSSR count). The number of benzene rings is 3. The lowest BCUT2D eigenvalue weighted by Gasteiger charge is -2.22. The molecule has 0 saturated carbocycles. The number of methoxy groups -OCH3 is 1. The first-order chi connectivity index (χ1) is 12.4. The predicted molar refractivity (Wildman–Crippen MR) is 111 cm³/mol. The molecule has 0 fully saturated rings. The molecule has 1 unspecified atom stereocenters. The Morgan fingerprint density at radius 1 is 0.923 bits per heavy atom. The molecule has 0 aromatic heterocycles. The number of ether oxygens (including phenoxy) is 1. The fraction of sp³-hybridized carbons (Fsp3) is 0.333. The molecule has 0 amide bonds. The first-order valence-corrected chi connectivity index (χ1v) is 9.29. The van der Waals surface area contributed by atoms with Gasteiger partial charge in [-0.3, -0.25) is 0 Å². The summed E-state index contributed by atoms with van der Waals surface area (Å²) in [6.07, 6.45) is 0.871. The van der Waals surface area contributed by atoms with Gasteiger partial charge in [0, 0.05) is 11.5 Å². The summed E-state index contributed by atoms with van der Waals surface area (Å²) >= 11 is 0. The van der Waals surface area contributed by atoms with Crippen molar-refractivity contribution in [2.24, 2.45) is 5.73 Å². The molecule has 2 N–H and O–H groups in total. The van der Waals surface area contributed by atoms with E-state index < -0.39 is 0 Å². The minimum Gasteiger partial charge on any atom is -0.496 e. The maximum absolute atomic E-state index is 6.17. The van der Waals surface area contributed by atoms with Crippen molar-refractivity contribution >= 4 is 10.8 Å². The van der Waals surface area contributed by atoms with Crippen LogP contribution in [0.15, 0.2) is 60.7 Å². The standard InChI is InChI=1S/C24H29NO/c1-24(2,3)20-12-9-17(10-13-20)19(16-25)15-22-21-8-6-5-7-18(21)11-14-23(22)26-4/h5-14,19H,15-16,25H2,1-4H3. The molecule has 0 aliphatic carbocycles. The van der Waals surface area contributed by atoms with Gasteiger partial charge >= 0.3 is 0 Å². The largest absolute Gasteiger partial charge is 0.496 e. The van der Waals surface area contributed by atoms with E-state index in [9.17, 15) is 0 Å². The molecule has 136 valence electrons. The number of rotatable bonds is 5. The van der Waals surface area contributed by atoms with Crippen LogP contribution < -0.4 is 10.5 Å². The molecular weight excluding hydrogens is 318 g/mol. The average molecular weight is 348 g/mol. The Labute approximate surface area is 157 Å². The lowest BCUT2D eigenvalue weighted by atomic mass is 9.84. The Balaban J connectivity index is 1.97. The molecular formula is C24H29NO. The second-order valence-electron chi connectivity index (χ2n) is 7.98. The highest BCUT2D eigenvalue weighted by atomic mass is 16.5. The van der Waals surface area contributed by atoms with Gasteiger partial charge in [0.25, 0.3) is 0 Å². The van der Waals surface area contributed by atoms with Crippen molar-refractivity contribution in [2.75, 3.05) is 13.7 Å². The smallest absolute Gasteiger partial charge is 0.122 e. The maximum atomic E-state index is 6.17. The van der Waals surface area contributed by atoms with Crippen molar-refractivity contribution in [1.29, 1.82) is 0 Å². The topological polar surface area (TPSA) is 35.2 Å². The Hall–Kier alpha value is -2.32. The zero-order chi connectivity index (χ0) is 18.7. The van der Waals surface area contributed by atoms with Crippen molar-refractivity contribution < 1.29 is 4.74 Å². The van der Waals surface area contributed by atoms with Crippen LogP contribution in [0.3, 0.4) is 0 Å². The third-order valence-corrected chi connectivity index (χ3v) is 5.20. The average Bonchev–Trinajstić information content (AvgIpc) is 2.65. The van der Waals surface area contributed by atoms with Crippen molar-refractivity contribution in [1.82, 2.24) is 0 Å². The zero-order valence-electron chi connectivity index (χ0n) is 16.3. The fourth-order valence-electron chi connectivity index (χ4n) is 3.56. The van der Waals surface area contributed by atoms with E-state index in [2.05, 4.69) is 81.4 Å². The first-order valence-electron chi connectivity index (χ1n) is 9.29. The second kappa shape index (κ2) is 7.51. The quantitative estimate of drug-likeness (QED) is 0.668. The van der Waals surface area contributed by atoms with Crippen LogP contribution in [-0.4, -0.2) is 13.7 Å². The van der Waals surface area contributed by atoms with Gasteiger partial charge in [0.2, 0.25) is 0 Å². The van der Waals surface area contributed by atoms with Crippen molar-refractivity contribution in [3.8, 4) is 5.75 Å². The molecule has 0 spiro atoms. The molecule has 0 radical (unpaired) electrons. The lowest BCUT2D eigenvalue weighted by molar-refractivity contribution is 0.409. The zero-order valence-corrected chi connectivity index (χ0v) is 16.3. The minimum absolute atomic E-state index is 0.162. The van der Waals surface area contributed by atoms with Gasteiger partial charge in [0.15, 0.2) is 0 Å². The van der Waals surface area contributed by atoms with Gasteiger partial charge in [-0.25, -0.2) is 0 Å². The molecule has 3 aromatic rings. The Bertz CT molecular complexity index is 875. The summed E-state index contributed by atoms with van der Waals surface area (Å²) in [6, 6.07) is 21.6. The third-order valence-electron chi connectivity index (χ3n) is 5.20. The van der Waals surface area contributed by atoms with Gasteiger partial charge in [-0.15, -0.1) is 0 Å². The number of nitrogens with two attached hydrogens (primary N) is 1. The molecule has 26 heavy (non-hydrogen) atoms. The number of fused-ring (bicyclic) bond motifs is 1. The van der Waals surface area contributed by atoms with Gasteiger partial charge < -0.3 is 10.5 Å². The highest BCUT2D eigenvalue weighted by Crippen LogP contribution is 2.33. The molecule has 0 saturated heterocycles. The summed E-state index contributed by atoms with van der Waals surface area (Å²) in [5.41, 5.74) is 10.2. The van der Waals surface area contributed by atoms with Crippen LogP contribution in [0.1, 0.15) is 43.4 Å². The van der Waals surface area contributed by atoms with Gasteiger partial charge in [0.1, 0.15) is 5.75 Å². The van der Waals surface area contributed by atoms with Crippen molar-refractivity contribution in [3.63, 3.8) is 0 Å². The van der Waals surface area contributed by atoms with E-state index in [1.807, 2.05) is 0 Å². The van der Waals surface area contributed by atoms with Gasteiger partial charge in [0.05, 0.1) is 7.11 Å². The molecule has 2 heteroatoms. The Morgan fingerprint density at radius 2 is 1.62 bits per heavy atom. The molecule has 2 nitrogen and oxygen atoms in total. The molecule has 1 atom stereocenters. The van der Waals surface area contributed by atoms with Crippen LogP contribution in [-0.2, 0) is 11.8 Å². The van der Waals surface area contributed by atoms with Gasteiger partial charge in [-0.2, -0.15) is 0 Å².